The molecular weight excluding hydrogens is 378 g/mol. The fourth-order valence-electron chi connectivity index (χ4n) is 2.56. The summed E-state index contributed by atoms with van der Waals surface area (Å²) in [5.74, 6) is 0.925. The van der Waals surface area contributed by atoms with Crippen LogP contribution in [0.5, 0.6) is 17.2 Å². The van der Waals surface area contributed by atoms with E-state index in [2.05, 4.69) is 25.6 Å². The van der Waals surface area contributed by atoms with E-state index in [1.807, 2.05) is 0 Å². The highest BCUT2D eigenvalue weighted by molar-refractivity contribution is 5.89. The fraction of sp³-hybridized carbons (Fsp3) is 0.158. The summed E-state index contributed by atoms with van der Waals surface area (Å²) in [7, 11) is 4.57. The van der Waals surface area contributed by atoms with Gasteiger partial charge in [-0.25, -0.2) is 14.8 Å². The van der Waals surface area contributed by atoms with Gasteiger partial charge in [-0.15, -0.1) is 0 Å². The molecule has 0 saturated carbocycles. The molecule has 0 unspecified atom stereocenters. The van der Waals surface area contributed by atoms with Gasteiger partial charge in [-0.2, -0.15) is 4.98 Å². The van der Waals surface area contributed by atoms with Crippen LogP contribution in [0.1, 0.15) is 10.4 Å². The number of carboxylic acids is 1. The third-order valence-corrected chi connectivity index (χ3v) is 3.86. The van der Waals surface area contributed by atoms with Crippen molar-refractivity contribution in [2.75, 3.05) is 32.0 Å². The molecule has 29 heavy (non-hydrogen) atoms. The van der Waals surface area contributed by atoms with Gasteiger partial charge in [0.2, 0.25) is 17.6 Å². The molecule has 0 radical (unpaired) electrons. The smallest absolute Gasteiger partial charge is 0.335 e. The van der Waals surface area contributed by atoms with Gasteiger partial charge in [0, 0.05) is 23.5 Å². The lowest BCUT2D eigenvalue weighted by Gasteiger charge is -2.14. The van der Waals surface area contributed by atoms with Crippen LogP contribution in [0.2, 0.25) is 0 Å². The zero-order valence-electron chi connectivity index (χ0n) is 16.0. The molecule has 150 valence electrons. The third kappa shape index (κ3) is 4.61. The van der Waals surface area contributed by atoms with Crippen molar-refractivity contribution in [2.45, 2.75) is 0 Å². The van der Waals surface area contributed by atoms with Crippen LogP contribution in [0.15, 0.2) is 42.7 Å². The molecule has 2 aromatic carbocycles. The van der Waals surface area contributed by atoms with Crippen LogP contribution >= 0.6 is 0 Å². The van der Waals surface area contributed by atoms with Crippen LogP contribution in [0, 0.1) is 0 Å². The minimum atomic E-state index is -1.02. The quantitative estimate of drug-likeness (QED) is 0.521. The first-order valence-corrected chi connectivity index (χ1v) is 8.40. The summed E-state index contributed by atoms with van der Waals surface area (Å²) in [4.78, 5) is 23.5. The van der Waals surface area contributed by atoms with Crippen molar-refractivity contribution in [1.29, 1.82) is 0 Å². The Balaban J connectivity index is 1.83. The zero-order chi connectivity index (χ0) is 20.8. The number of rotatable bonds is 8. The maximum absolute atomic E-state index is 11.1. The molecule has 1 aromatic heterocycles. The summed E-state index contributed by atoms with van der Waals surface area (Å²) in [5.41, 5.74) is 1.30. The van der Waals surface area contributed by atoms with Crippen molar-refractivity contribution in [3.8, 4) is 17.2 Å². The number of nitrogens with one attached hydrogen (secondary N) is 2. The Kier molecular flexibility index (Phi) is 5.93. The second kappa shape index (κ2) is 8.74. The summed E-state index contributed by atoms with van der Waals surface area (Å²) in [6, 6.07) is 9.75. The van der Waals surface area contributed by atoms with E-state index in [0.717, 1.165) is 0 Å². The molecule has 0 bridgehead atoms. The second-order valence-electron chi connectivity index (χ2n) is 5.68. The molecule has 0 aliphatic carbocycles. The van der Waals surface area contributed by atoms with Gasteiger partial charge >= 0.3 is 5.97 Å². The molecular formula is C19H19N5O5. The summed E-state index contributed by atoms with van der Waals surface area (Å²) < 4.78 is 16.0. The molecule has 0 aliphatic heterocycles. The maximum Gasteiger partial charge on any atom is 0.335 e. The summed E-state index contributed by atoms with van der Waals surface area (Å²) >= 11 is 0. The Bertz CT molecular complexity index is 1000. The number of benzene rings is 2. The number of anilines is 4. The predicted molar refractivity (Wildman–Crippen MR) is 106 cm³/mol. The molecule has 3 rings (SSSR count). The third-order valence-electron chi connectivity index (χ3n) is 3.86. The van der Waals surface area contributed by atoms with Crippen LogP contribution in [0.4, 0.5) is 23.3 Å². The summed E-state index contributed by atoms with van der Waals surface area (Å²) in [6.07, 6.45) is 1.33. The normalized spacial score (nSPS) is 10.2. The van der Waals surface area contributed by atoms with Crippen molar-refractivity contribution in [1.82, 2.24) is 15.0 Å². The standard InChI is InChI=1S/C19H19N5O5/c1-27-14-8-13(9-15(28-2)16(14)29-3)23-19-21-10-20-18(24-19)22-12-6-4-5-11(7-12)17(25)26/h4-10H,1-3H3,(H,25,26)(H2,20,21,22,23,24). The van der Waals surface area contributed by atoms with Gasteiger partial charge < -0.3 is 30.0 Å². The van der Waals surface area contributed by atoms with Crippen LogP contribution < -0.4 is 24.8 Å². The molecule has 1 heterocycles. The van der Waals surface area contributed by atoms with Gasteiger partial charge in [-0.3, -0.25) is 0 Å². The van der Waals surface area contributed by atoms with E-state index < -0.39 is 5.97 Å². The lowest BCUT2D eigenvalue weighted by molar-refractivity contribution is 0.0697. The molecule has 10 heteroatoms. The first kappa shape index (κ1) is 19.7. The van der Waals surface area contributed by atoms with E-state index in [4.69, 9.17) is 19.3 Å². The number of methoxy groups -OCH3 is 3. The van der Waals surface area contributed by atoms with Gasteiger partial charge in [-0.1, -0.05) is 6.07 Å². The SMILES string of the molecule is COc1cc(Nc2ncnc(Nc3cccc(C(=O)O)c3)n2)cc(OC)c1OC. The zero-order valence-corrected chi connectivity index (χ0v) is 16.0. The van der Waals surface area contributed by atoms with E-state index in [1.54, 1.807) is 24.3 Å². The number of nitrogens with zero attached hydrogens (tertiary/aromatic N) is 3. The number of carbonyl (C=O) groups is 1. The predicted octanol–water partition coefficient (Wildman–Crippen LogP) is 3.08. The number of aromatic nitrogens is 3. The van der Waals surface area contributed by atoms with Crippen LogP contribution in [-0.2, 0) is 0 Å². The average Bonchev–Trinajstić information content (AvgIpc) is 2.73. The molecule has 0 fully saturated rings. The number of ether oxygens (including phenoxy) is 3. The topological polar surface area (TPSA) is 128 Å². The van der Waals surface area contributed by atoms with Crippen molar-refractivity contribution >= 4 is 29.2 Å². The van der Waals surface area contributed by atoms with Crippen molar-refractivity contribution in [3.63, 3.8) is 0 Å². The highest BCUT2D eigenvalue weighted by atomic mass is 16.5. The Morgan fingerprint density at radius 3 is 2.07 bits per heavy atom. The number of carboxylic acid groups (broad SMARTS) is 1. The lowest BCUT2D eigenvalue weighted by atomic mass is 10.2. The van der Waals surface area contributed by atoms with E-state index in [1.165, 1.54) is 39.8 Å². The van der Waals surface area contributed by atoms with Crippen molar-refractivity contribution in [2.24, 2.45) is 0 Å². The Morgan fingerprint density at radius 2 is 1.52 bits per heavy atom. The molecule has 0 saturated heterocycles. The van der Waals surface area contributed by atoms with Gasteiger partial charge in [0.25, 0.3) is 0 Å². The summed E-state index contributed by atoms with van der Waals surface area (Å²) in [6.45, 7) is 0. The fourth-order valence-corrected chi connectivity index (χ4v) is 2.56. The van der Waals surface area contributed by atoms with E-state index in [-0.39, 0.29) is 17.5 Å². The molecule has 0 spiro atoms. The van der Waals surface area contributed by atoms with Crippen LogP contribution in [-0.4, -0.2) is 47.4 Å². The summed E-state index contributed by atoms with van der Waals surface area (Å²) in [5, 5.41) is 15.1. The van der Waals surface area contributed by atoms with Gasteiger partial charge in [0.05, 0.1) is 26.9 Å². The van der Waals surface area contributed by atoms with Crippen molar-refractivity contribution in [3.05, 3.63) is 48.3 Å². The van der Waals surface area contributed by atoms with Gasteiger partial charge in [-0.05, 0) is 18.2 Å². The number of hydrogen-bond donors (Lipinski definition) is 3. The largest absolute Gasteiger partial charge is 0.493 e. The molecule has 3 aromatic rings. The molecule has 3 N–H and O–H groups in total. The van der Waals surface area contributed by atoms with E-state index >= 15 is 0 Å². The number of aromatic carboxylic acids is 1. The first-order valence-electron chi connectivity index (χ1n) is 8.40. The van der Waals surface area contributed by atoms with Gasteiger partial charge in [0.1, 0.15) is 6.33 Å². The lowest BCUT2D eigenvalue weighted by Crippen LogP contribution is -2.04. The van der Waals surface area contributed by atoms with Gasteiger partial charge in [0.15, 0.2) is 11.5 Å². The number of hydrogen-bond acceptors (Lipinski definition) is 9. The molecule has 10 nitrogen and oxygen atoms in total. The molecule has 0 amide bonds. The highest BCUT2D eigenvalue weighted by Crippen LogP contribution is 2.40. The van der Waals surface area contributed by atoms with Crippen LogP contribution in [0.25, 0.3) is 0 Å². The van der Waals surface area contributed by atoms with Crippen molar-refractivity contribution < 1.29 is 24.1 Å². The minimum Gasteiger partial charge on any atom is -0.493 e. The first-order chi connectivity index (χ1) is 14.0. The Morgan fingerprint density at radius 1 is 0.897 bits per heavy atom. The highest BCUT2D eigenvalue weighted by Gasteiger charge is 2.14. The van der Waals surface area contributed by atoms with E-state index in [9.17, 15) is 4.79 Å². The Hall–Kier alpha value is -4.08. The maximum atomic E-state index is 11.1. The minimum absolute atomic E-state index is 0.153. The second-order valence-corrected chi connectivity index (χ2v) is 5.68. The monoisotopic (exact) mass is 397 g/mol. The Labute approximate surface area is 166 Å². The van der Waals surface area contributed by atoms with Crippen LogP contribution in [0.3, 0.4) is 0 Å². The molecule has 0 atom stereocenters. The average molecular weight is 397 g/mol. The van der Waals surface area contributed by atoms with E-state index in [0.29, 0.717) is 28.6 Å². The molecule has 0 aliphatic rings.